The molecule has 1 aromatic carbocycles. The van der Waals surface area contributed by atoms with E-state index in [0.717, 1.165) is 25.1 Å². The van der Waals surface area contributed by atoms with Gasteiger partial charge in [-0.25, -0.2) is 4.98 Å². The van der Waals surface area contributed by atoms with E-state index in [1.165, 1.54) is 0 Å². The van der Waals surface area contributed by atoms with Crippen LogP contribution in [0.4, 0.5) is 11.6 Å². The van der Waals surface area contributed by atoms with Gasteiger partial charge in [-0.1, -0.05) is 29.3 Å². The molecule has 8 heteroatoms. The highest BCUT2D eigenvalue weighted by atomic mass is 35.5. The number of hydrogen-bond acceptors (Lipinski definition) is 5. The molecule has 6 nitrogen and oxygen atoms in total. The van der Waals surface area contributed by atoms with Crippen LogP contribution in [-0.4, -0.2) is 36.1 Å². The molecule has 1 fully saturated rings. The van der Waals surface area contributed by atoms with Crippen LogP contribution in [0.1, 0.15) is 18.5 Å². The molecule has 1 N–H and O–H groups in total. The Hall–Kier alpha value is -2.05. The minimum Gasteiger partial charge on any atom is -0.481 e. The molecule has 0 radical (unpaired) electrons. The number of aryl methyl sites for hydroxylation is 1. The van der Waals surface area contributed by atoms with Gasteiger partial charge in [0.05, 0.1) is 28.8 Å². The van der Waals surface area contributed by atoms with Gasteiger partial charge >= 0.3 is 0 Å². The summed E-state index contributed by atoms with van der Waals surface area (Å²) in [6.45, 7) is 3.23. The van der Waals surface area contributed by atoms with E-state index in [1.807, 2.05) is 11.8 Å². The Balaban J connectivity index is 1.73. The van der Waals surface area contributed by atoms with Crippen LogP contribution >= 0.6 is 23.2 Å². The maximum atomic E-state index is 12.7. The van der Waals surface area contributed by atoms with Crippen molar-refractivity contribution in [3.8, 4) is 5.88 Å². The van der Waals surface area contributed by atoms with Gasteiger partial charge in [0.1, 0.15) is 0 Å². The Bertz CT molecular complexity index is 816. The van der Waals surface area contributed by atoms with Crippen molar-refractivity contribution in [2.24, 2.45) is 5.92 Å². The highest BCUT2D eigenvalue weighted by Gasteiger charge is 2.28. The van der Waals surface area contributed by atoms with Gasteiger partial charge in [0.25, 0.3) is 0 Å². The third-order valence-corrected chi connectivity index (χ3v) is 5.13. The molecule has 0 saturated carbocycles. The molecule has 26 heavy (non-hydrogen) atoms. The molecule has 1 aliphatic rings. The van der Waals surface area contributed by atoms with E-state index in [1.54, 1.807) is 31.4 Å². The molecule has 0 aliphatic carbocycles. The lowest BCUT2D eigenvalue weighted by Gasteiger charge is -2.32. The normalized spacial score (nSPS) is 17.1. The van der Waals surface area contributed by atoms with Gasteiger partial charge in [-0.3, -0.25) is 4.79 Å². The maximum absolute atomic E-state index is 12.7. The first-order chi connectivity index (χ1) is 12.5. The maximum Gasteiger partial charge on any atom is 0.229 e. The van der Waals surface area contributed by atoms with Gasteiger partial charge < -0.3 is 15.0 Å². The molecule has 138 valence electrons. The van der Waals surface area contributed by atoms with Crippen molar-refractivity contribution in [3.05, 3.63) is 40.0 Å². The number of nitrogens with one attached hydrogen (secondary N) is 1. The molecule has 0 bridgehead atoms. The van der Waals surface area contributed by atoms with Gasteiger partial charge in [0, 0.05) is 24.8 Å². The number of halogens is 2. The summed E-state index contributed by atoms with van der Waals surface area (Å²) in [5.41, 5.74) is 1.35. The molecule has 1 aromatic heterocycles. The van der Waals surface area contributed by atoms with E-state index < -0.39 is 0 Å². The second kappa shape index (κ2) is 8.10. The van der Waals surface area contributed by atoms with E-state index in [2.05, 4.69) is 15.3 Å². The summed E-state index contributed by atoms with van der Waals surface area (Å²) in [5, 5.41) is 3.64. The van der Waals surface area contributed by atoms with E-state index in [-0.39, 0.29) is 11.8 Å². The van der Waals surface area contributed by atoms with Crippen LogP contribution in [0.3, 0.4) is 0 Å². The van der Waals surface area contributed by atoms with Crippen LogP contribution in [0.2, 0.25) is 10.0 Å². The lowest BCUT2D eigenvalue weighted by atomic mass is 9.97. The first-order valence-electron chi connectivity index (χ1n) is 8.37. The van der Waals surface area contributed by atoms with E-state index >= 15 is 0 Å². The number of aromatic nitrogens is 2. The number of nitrogens with zero attached hydrogens (tertiary/aromatic N) is 3. The Morgan fingerprint density at radius 1 is 1.35 bits per heavy atom. The number of rotatable bonds is 4. The molecule has 1 atom stereocenters. The van der Waals surface area contributed by atoms with E-state index in [9.17, 15) is 4.79 Å². The van der Waals surface area contributed by atoms with Crippen molar-refractivity contribution in [2.45, 2.75) is 19.8 Å². The van der Waals surface area contributed by atoms with Gasteiger partial charge in [0.2, 0.25) is 17.7 Å². The van der Waals surface area contributed by atoms with Gasteiger partial charge in [-0.15, -0.1) is 0 Å². The second-order valence-corrected chi connectivity index (χ2v) is 7.01. The molecular weight excluding hydrogens is 375 g/mol. The van der Waals surface area contributed by atoms with Gasteiger partial charge in [-0.2, -0.15) is 4.98 Å². The molecule has 1 amide bonds. The summed E-state index contributed by atoms with van der Waals surface area (Å²) < 4.78 is 5.22. The van der Waals surface area contributed by atoms with Crippen molar-refractivity contribution in [3.63, 3.8) is 0 Å². The SMILES string of the molecule is COc1cc(C)nc(N2CCC[C@@H](C(=O)Nc3cccc(Cl)c3Cl)C2)n1. The standard InChI is InChI=1S/C18H20Cl2N4O2/c1-11-9-15(26-2)23-18(21-11)24-8-4-5-12(10-24)17(25)22-14-7-3-6-13(19)16(14)20/h3,6-7,9,12H,4-5,8,10H2,1-2H3,(H,22,25)/t12-/m1/s1. The number of carbonyl (C=O) groups is 1. The van der Waals surface area contributed by atoms with Crippen molar-refractivity contribution >= 4 is 40.7 Å². The van der Waals surface area contributed by atoms with Crippen molar-refractivity contribution in [1.29, 1.82) is 0 Å². The third-order valence-electron chi connectivity index (χ3n) is 4.31. The molecule has 2 aromatic rings. The summed E-state index contributed by atoms with van der Waals surface area (Å²) in [6.07, 6.45) is 1.67. The molecule has 0 spiro atoms. The first-order valence-corrected chi connectivity index (χ1v) is 9.13. The fraction of sp³-hybridized carbons (Fsp3) is 0.389. The molecular formula is C18H20Cl2N4O2. The minimum absolute atomic E-state index is 0.0847. The lowest BCUT2D eigenvalue weighted by Crippen LogP contribution is -2.41. The number of carbonyl (C=O) groups excluding carboxylic acids is 1. The number of amides is 1. The minimum atomic E-state index is -0.186. The van der Waals surface area contributed by atoms with Crippen LogP contribution < -0.4 is 15.0 Å². The first kappa shape index (κ1) is 18.7. The Morgan fingerprint density at radius 2 is 2.15 bits per heavy atom. The molecule has 1 aliphatic heterocycles. The Kier molecular flexibility index (Phi) is 5.84. The Morgan fingerprint density at radius 3 is 2.92 bits per heavy atom. The Labute approximate surface area is 162 Å². The summed E-state index contributed by atoms with van der Waals surface area (Å²) in [4.78, 5) is 23.6. The average molecular weight is 395 g/mol. The van der Waals surface area contributed by atoms with E-state index in [4.69, 9.17) is 27.9 Å². The van der Waals surface area contributed by atoms with E-state index in [0.29, 0.717) is 34.1 Å². The average Bonchev–Trinajstić information content (AvgIpc) is 2.65. The number of methoxy groups -OCH3 is 1. The van der Waals surface area contributed by atoms with Gasteiger partial charge in [-0.05, 0) is 31.9 Å². The monoisotopic (exact) mass is 394 g/mol. The fourth-order valence-electron chi connectivity index (χ4n) is 2.98. The number of piperidine rings is 1. The summed E-state index contributed by atoms with van der Waals surface area (Å²) in [5.74, 6) is 0.831. The number of anilines is 2. The zero-order valence-electron chi connectivity index (χ0n) is 14.6. The van der Waals surface area contributed by atoms with Crippen molar-refractivity contribution < 1.29 is 9.53 Å². The summed E-state index contributed by atoms with van der Waals surface area (Å²) in [6, 6.07) is 6.95. The second-order valence-electron chi connectivity index (χ2n) is 6.23. The topological polar surface area (TPSA) is 67.3 Å². The zero-order chi connectivity index (χ0) is 18.7. The predicted octanol–water partition coefficient (Wildman–Crippen LogP) is 3.96. The summed E-state index contributed by atoms with van der Waals surface area (Å²) in [7, 11) is 1.58. The molecule has 3 rings (SSSR count). The highest BCUT2D eigenvalue weighted by Crippen LogP contribution is 2.30. The van der Waals surface area contributed by atoms with Crippen molar-refractivity contribution in [1.82, 2.24) is 9.97 Å². The number of benzene rings is 1. The van der Waals surface area contributed by atoms with Crippen LogP contribution in [0, 0.1) is 12.8 Å². The molecule has 1 saturated heterocycles. The van der Waals surface area contributed by atoms with Crippen LogP contribution in [-0.2, 0) is 4.79 Å². The lowest BCUT2D eigenvalue weighted by molar-refractivity contribution is -0.120. The number of ether oxygens (including phenoxy) is 1. The summed E-state index contributed by atoms with van der Waals surface area (Å²) >= 11 is 12.2. The fourth-order valence-corrected chi connectivity index (χ4v) is 3.33. The predicted molar refractivity (Wildman–Crippen MR) is 103 cm³/mol. The number of hydrogen-bond donors (Lipinski definition) is 1. The smallest absolute Gasteiger partial charge is 0.229 e. The zero-order valence-corrected chi connectivity index (χ0v) is 16.1. The van der Waals surface area contributed by atoms with Crippen molar-refractivity contribution in [2.75, 3.05) is 30.4 Å². The van der Waals surface area contributed by atoms with Crippen LogP contribution in [0.15, 0.2) is 24.3 Å². The third kappa shape index (κ3) is 4.19. The quantitative estimate of drug-likeness (QED) is 0.849. The van der Waals surface area contributed by atoms with Crippen LogP contribution in [0.25, 0.3) is 0 Å². The largest absolute Gasteiger partial charge is 0.481 e. The van der Waals surface area contributed by atoms with Crippen LogP contribution in [0.5, 0.6) is 5.88 Å². The molecule has 0 unspecified atom stereocenters. The molecule has 2 heterocycles. The van der Waals surface area contributed by atoms with Gasteiger partial charge in [0.15, 0.2) is 0 Å². The highest BCUT2D eigenvalue weighted by molar-refractivity contribution is 6.44.